The van der Waals surface area contributed by atoms with Gasteiger partial charge in [-0.05, 0) is 20.3 Å². The predicted molar refractivity (Wildman–Crippen MR) is 47.0 cm³/mol. The van der Waals surface area contributed by atoms with Crippen LogP contribution in [0.15, 0.2) is 11.6 Å². The SMILES string of the molecule is CC(=CCC(C)S(=O)(=O)O)C(=O)O. The lowest BCUT2D eigenvalue weighted by Crippen LogP contribution is -2.15. The first-order chi connectivity index (χ1) is 5.75. The van der Waals surface area contributed by atoms with E-state index in [4.69, 9.17) is 9.66 Å². The maximum Gasteiger partial charge on any atom is 0.330 e. The molecule has 0 rings (SSSR count). The fraction of sp³-hybridized carbons (Fsp3) is 0.571. The Morgan fingerprint density at radius 2 is 2.00 bits per heavy atom. The topological polar surface area (TPSA) is 91.7 Å². The van der Waals surface area contributed by atoms with Gasteiger partial charge in [-0.25, -0.2) is 4.79 Å². The summed E-state index contributed by atoms with van der Waals surface area (Å²) in [6.45, 7) is 2.67. The highest BCUT2D eigenvalue weighted by atomic mass is 32.2. The van der Waals surface area contributed by atoms with Gasteiger partial charge >= 0.3 is 5.97 Å². The lowest BCUT2D eigenvalue weighted by molar-refractivity contribution is -0.132. The van der Waals surface area contributed by atoms with Crippen molar-refractivity contribution in [2.45, 2.75) is 25.5 Å². The van der Waals surface area contributed by atoms with Crippen molar-refractivity contribution in [2.24, 2.45) is 0 Å². The van der Waals surface area contributed by atoms with E-state index in [1.54, 1.807) is 0 Å². The van der Waals surface area contributed by atoms with Crippen LogP contribution in [0, 0.1) is 0 Å². The lowest BCUT2D eigenvalue weighted by Gasteiger charge is -2.03. The van der Waals surface area contributed by atoms with Crippen molar-refractivity contribution in [1.29, 1.82) is 0 Å². The zero-order chi connectivity index (χ0) is 10.6. The van der Waals surface area contributed by atoms with Crippen molar-refractivity contribution < 1.29 is 22.9 Å². The van der Waals surface area contributed by atoms with Crippen LogP contribution in [0.25, 0.3) is 0 Å². The zero-order valence-electron chi connectivity index (χ0n) is 7.39. The van der Waals surface area contributed by atoms with Gasteiger partial charge in [0.15, 0.2) is 0 Å². The highest BCUT2D eigenvalue weighted by Gasteiger charge is 2.15. The van der Waals surface area contributed by atoms with Crippen LogP contribution in [-0.2, 0) is 14.9 Å². The molecule has 0 amide bonds. The molecule has 0 aliphatic carbocycles. The Bertz CT molecular complexity index is 314. The summed E-state index contributed by atoms with van der Waals surface area (Å²) >= 11 is 0. The average Bonchev–Trinajstić information content (AvgIpc) is 1.97. The molecule has 76 valence electrons. The maximum absolute atomic E-state index is 10.5. The lowest BCUT2D eigenvalue weighted by atomic mass is 10.2. The van der Waals surface area contributed by atoms with E-state index < -0.39 is 21.3 Å². The molecule has 0 radical (unpaired) electrons. The number of carbonyl (C=O) groups is 1. The minimum atomic E-state index is -4.06. The second kappa shape index (κ2) is 4.38. The van der Waals surface area contributed by atoms with Crippen molar-refractivity contribution >= 4 is 16.1 Å². The van der Waals surface area contributed by atoms with E-state index in [1.165, 1.54) is 19.9 Å². The molecule has 1 unspecified atom stereocenters. The van der Waals surface area contributed by atoms with Gasteiger partial charge in [0.05, 0.1) is 5.25 Å². The molecule has 0 fully saturated rings. The first kappa shape index (κ1) is 12.1. The molecule has 0 bridgehead atoms. The second-order valence-electron chi connectivity index (χ2n) is 2.75. The second-order valence-corrected chi connectivity index (χ2v) is 4.59. The summed E-state index contributed by atoms with van der Waals surface area (Å²) in [6, 6.07) is 0. The first-order valence-corrected chi connectivity index (χ1v) is 5.12. The normalized spacial score (nSPS) is 15.5. The third kappa shape index (κ3) is 4.64. The molecule has 0 aromatic heterocycles. The molecular formula is C7H12O5S. The van der Waals surface area contributed by atoms with Crippen LogP contribution in [0.1, 0.15) is 20.3 Å². The van der Waals surface area contributed by atoms with Gasteiger partial charge in [-0.1, -0.05) is 6.08 Å². The Morgan fingerprint density at radius 3 is 2.31 bits per heavy atom. The van der Waals surface area contributed by atoms with Gasteiger partial charge < -0.3 is 5.11 Å². The molecule has 0 aromatic rings. The van der Waals surface area contributed by atoms with Crippen LogP contribution in [0.2, 0.25) is 0 Å². The van der Waals surface area contributed by atoms with E-state index in [0.717, 1.165) is 0 Å². The Labute approximate surface area is 76.8 Å². The number of carboxylic acids is 1. The number of rotatable bonds is 4. The number of carboxylic acid groups (broad SMARTS) is 1. The summed E-state index contributed by atoms with van der Waals surface area (Å²) < 4.78 is 29.5. The standard InChI is InChI=1S/C7H12O5S/c1-5(7(8)9)3-4-6(2)13(10,11)12/h3,6H,4H2,1-2H3,(H,8,9)(H,10,11,12). The summed E-state index contributed by atoms with van der Waals surface area (Å²) in [7, 11) is -4.06. The fourth-order valence-corrected chi connectivity index (χ4v) is 0.891. The quantitative estimate of drug-likeness (QED) is 0.523. The summed E-state index contributed by atoms with van der Waals surface area (Å²) in [5, 5.41) is 7.45. The van der Waals surface area contributed by atoms with E-state index >= 15 is 0 Å². The van der Waals surface area contributed by atoms with Gasteiger partial charge in [0.1, 0.15) is 0 Å². The predicted octanol–water partition coefficient (Wildman–Crippen LogP) is 0.684. The Morgan fingerprint density at radius 1 is 1.54 bits per heavy atom. The largest absolute Gasteiger partial charge is 0.478 e. The summed E-state index contributed by atoms with van der Waals surface area (Å²) in [4.78, 5) is 10.3. The molecule has 0 aliphatic heterocycles. The summed E-state index contributed by atoms with van der Waals surface area (Å²) in [6.07, 6.45) is 1.26. The van der Waals surface area contributed by atoms with Gasteiger partial charge in [-0.2, -0.15) is 8.42 Å². The molecule has 0 aromatic carbocycles. The molecule has 1 atom stereocenters. The molecule has 5 nitrogen and oxygen atoms in total. The zero-order valence-corrected chi connectivity index (χ0v) is 8.21. The van der Waals surface area contributed by atoms with Crippen molar-refractivity contribution in [1.82, 2.24) is 0 Å². The van der Waals surface area contributed by atoms with Crippen LogP contribution in [-0.4, -0.2) is 29.3 Å². The monoisotopic (exact) mass is 208 g/mol. The summed E-state index contributed by atoms with van der Waals surface area (Å²) in [5.41, 5.74) is 0.0653. The van der Waals surface area contributed by atoms with Gasteiger partial charge in [0.25, 0.3) is 10.1 Å². The van der Waals surface area contributed by atoms with E-state index in [-0.39, 0.29) is 12.0 Å². The fourth-order valence-electron chi connectivity index (χ4n) is 0.552. The molecule has 0 heterocycles. The van der Waals surface area contributed by atoms with Gasteiger partial charge in [0, 0.05) is 5.57 Å². The van der Waals surface area contributed by atoms with Crippen LogP contribution < -0.4 is 0 Å². The minimum absolute atomic E-state index is 0.00301. The number of allylic oxidation sites excluding steroid dienone is 1. The number of hydrogen-bond acceptors (Lipinski definition) is 3. The maximum atomic E-state index is 10.5. The van der Waals surface area contributed by atoms with Gasteiger partial charge in [-0.15, -0.1) is 0 Å². The van der Waals surface area contributed by atoms with E-state index in [2.05, 4.69) is 0 Å². The summed E-state index contributed by atoms with van der Waals surface area (Å²) in [5.74, 6) is -1.09. The molecule has 0 saturated carbocycles. The average molecular weight is 208 g/mol. The van der Waals surface area contributed by atoms with E-state index in [0.29, 0.717) is 0 Å². The molecule has 2 N–H and O–H groups in total. The molecule has 0 spiro atoms. The minimum Gasteiger partial charge on any atom is -0.478 e. The highest BCUT2D eigenvalue weighted by Crippen LogP contribution is 2.06. The third-order valence-electron chi connectivity index (χ3n) is 1.60. The molecule has 13 heavy (non-hydrogen) atoms. The van der Waals surface area contributed by atoms with Gasteiger partial charge in [0.2, 0.25) is 0 Å². The Balaban J connectivity index is 4.34. The number of hydrogen-bond donors (Lipinski definition) is 2. The van der Waals surface area contributed by atoms with Crippen LogP contribution in [0.4, 0.5) is 0 Å². The number of aliphatic carboxylic acids is 1. The van der Waals surface area contributed by atoms with Crippen molar-refractivity contribution in [2.75, 3.05) is 0 Å². The van der Waals surface area contributed by atoms with Crippen molar-refractivity contribution in [3.63, 3.8) is 0 Å². The molecular weight excluding hydrogens is 196 g/mol. The first-order valence-electron chi connectivity index (χ1n) is 3.61. The van der Waals surface area contributed by atoms with Crippen LogP contribution in [0.3, 0.4) is 0 Å². The van der Waals surface area contributed by atoms with Crippen molar-refractivity contribution in [3.05, 3.63) is 11.6 Å². The van der Waals surface area contributed by atoms with E-state index in [9.17, 15) is 13.2 Å². The van der Waals surface area contributed by atoms with Crippen molar-refractivity contribution in [3.8, 4) is 0 Å². The van der Waals surface area contributed by atoms with E-state index in [1.807, 2.05) is 0 Å². The van der Waals surface area contributed by atoms with Crippen LogP contribution >= 0.6 is 0 Å². The molecule has 0 aliphatic rings. The Hall–Kier alpha value is -0.880. The van der Waals surface area contributed by atoms with Crippen LogP contribution in [0.5, 0.6) is 0 Å². The van der Waals surface area contributed by atoms with Gasteiger partial charge in [-0.3, -0.25) is 4.55 Å². The third-order valence-corrected chi connectivity index (χ3v) is 2.81. The molecule has 0 saturated heterocycles. The smallest absolute Gasteiger partial charge is 0.330 e. The molecule has 6 heteroatoms. The Kier molecular flexibility index (Phi) is 4.09. The highest BCUT2D eigenvalue weighted by molar-refractivity contribution is 7.86.